The molecule has 1 saturated heterocycles. The minimum atomic E-state index is 0.413. The third-order valence-corrected chi connectivity index (χ3v) is 5.69. The fourth-order valence-electron chi connectivity index (χ4n) is 3.79. The number of unbranched alkanes of at least 4 members (excludes halogenated alkanes) is 1. The van der Waals surface area contributed by atoms with Crippen molar-refractivity contribution < 1.29 is 9.47 Å². The van der Waals surface area contributed by atoms with Crippen LogP contribution in [0.25, 0.3) is 10.9 Å². The Kier molecular flexibility index (Phi) is 7.36. The van der Waals surface area contributed by atoms with E-state index in [0.717, 1.165) is 74.5 Å². The number of likely N-dealkylation sites (tertiary alicyclic amines) is 1. The summed E-state index contributed by atoms with van der Waals surface area (Å²) in [5.74, 6) is 3.04. The Labute approximate surface area is 174 Å². The smallest absolute Gasteiger partial charge is 0.227 e. The van der Waals surface area contributed by atoms with Crippen molar-refractivity contribution in [1.82, 2.24) is 14.9 Å². The van der Waals surface area contributed by atoms with Crippen LogP contribution in [0.3, 0.4) is 0 Å². The van der Waals surface area contributed by atoms with Gasteiger partial charge in [-0.05, 0) is 52.4 Å². The highest BCUT2D eigenvalue weighted by molar-refractivity contribution is 5.93. The Balaban J connectivity index is 2.03. The number of rotatable bonds is 9. The summed E-state index contributed by atoms with van der Waals surface area (Å²) in [6.07, 6.45) is 4.49. The summed E-state index contributed by atoms with van der Waals surface area (Å²) in [7, 11) is 5.49. The first-order chi connectivity index (χ1) is 14.1. The molecule has 2 heterocycles. The van der Waals surface area contributed by atoms with Gasteiger partial charge < -0.3 is 24.6 Å². The molecule has 0 bridgehead atoms. The van der Waals surface area contributed by atoms with Gasteiger partial charge in [-0.2, -0.15) is 4.98 Å². The summed E-state index contributed by atoms with van der Waals surface area (Å²) in [5, 5.41) is 4.68. The van der Waals surface area contributed by atoms with Crippen LogP contribution in [0.1, 0.15) is 39.5 Å². The van der Waals surface area contributed by atoms with Crippen LogP contribution in [-0.2, 0) is 0 Å². The van der Waals surface area contributed by atoms with Crippen LogP contribution in [0, 0.1) is 0 Å². The number of aromatic nitrogens is 2. The number of nitrogens with zero attached hydrogens (tertiary/aromatic N) is 4. The third-order valence-electron chi connectivity index (χ3n) is 5.69. The van der Waals surface area contributed by atoms with E-state index in [1.165, 1.54) is 0 Å². The van der Waals surface area contributed by atoms with Crippen LogP contribution in [0.4, 0.5) is 11.8 Å². The first-order valence-electron chi connectivity index (χ1n) is 10.7. The third kappa shape index (κ3) is 5.01. The van der Waals surface area contributed by atoms with Gasteiger partial charge in [-0.25, -0.2) is 4.98 Å². The number of fused-ring (bicyclic) bond motifs is 1. The van der Waals surface area contributed by atoms with Crippen LogP contribution >= 0.6 is 0 Å². The van der Waals surface area contributed by atoms with Gasteiger partial charge in [0.15, 0.2) is 11.5 Å². The quantitative estimate of drug-likeness (QED) is 0.686. The lowest BCUT2D eigenvalue weighted by molar-refractivity contribution is 0.264. The summed E-state index contributed by atoms with van der Waals surface area (Å²) in [6.45, 7) is 8.40. The molecule has 1 aliphatic rings. The zero-order valence-electron chi connectivity index (χ0n) is 18.5. The highest BCUT2D eigenvalue weighted by Crippen LogP contribution is 2.35. The molecule has 0 amide bonds. The lowest BCUT2D eigenvalue weighted by Gasteiger charge is -2.30. The molecule has 0 atom stereocenters. The minimum absolute atomic E-state index is 0.413. The number of nitrogens with one attached hydrogen (secondary N) is 1. The molecule has 160 valence electrons. The van der Waals surface area contributed by atoms with Crippen molar-refractivity contribution in [2.75, 3.05) is 57.7 Å². The van der Waals surface area contributed by atoms with E-state index in [2.05, 4.69) is 36.0 Å². The van der Waals surface area contributed by atoms with Crippen LogP contribution in [0.5, 0.6) is 11.5 Å². The Bertz CT molecular complexity index is 805. The van der Waals surface area contributed by atoms with Crippen LogP contribution in [0.15, 0.2) is 12.1 Å². The minimum Gasteiger partial charge on any atom is -0.493 e. The van der Waals surface area contributed by atoms with Crippen molar-refractivity contribution in [2.45, 2.75) is 45.6 Å². The fourth-order valence-corrected chi connectivity index (χ4v) is 3.79. The Morgan fingerprint density at radius 2 is 1.79 bits per heavy atom. The number of piperidine rings is 1. The van der Waals surface area contributed by atoms with Gasteiger partial charge in [0.05, 0.1) is 19.7 Å². The van der Waals surface area contributed by atoms with Gasteiger partial charge in [0.2, 0.25) is 5.95 Å². The Morgan fingerprint density at radius 1 is 1.10 bits per heavy atom. The second-order valence-electron chi connectivity index (χ2n) is 7.75. The number of benzene rings is 1. The average molecular weight is 402 g/mol. The van der Waals surface area contributed by atoms with Gasteiger partial charge in [0, 0.05) is 30.6 Å². The Morgan fingerprint density at radius 3 is 2.41 bits per heavy atom. The highest BCUT2D eigenvalue weighted by atomic mass is 16.5. The van der Waals surface area contributed by atoms with E-state index in [1.54, 1.807) is 14.2 Å². The lowest BCUT2D eigenvalue weighted by atomic mass is 10.1. The standard InChI is InChI=1S/C22H35N5O2/c1-6-8-11-27(7-2)22-24-18-15-20(29-5)19(28-4)14-17(18)21(25-22)23-16-9-12-26(3)13-10-16/h14-16H,6-13H2,1-5H3,(H,23,24,25). The molecular weight excluding hydrogens is 366 g/mol. The van der Waals surface area contributed by atoms with Crippen molar-refractivity contribution >= 4 is 22.7 Å². The first-order valence-corrected chi connectivity index (χ1v) is 10.7. The van der Waals surface area contributed by atoms with Crippen LogP contribution in [-0.4, -0.2) is 68.4 Å². The van der Waals surface area contributed by atoms with Crippen molar-refractivity contribution in [3.8, 4) is 11.5 Å². The fraction of sp³-hybridized carbons (Fsp3) is 0.636. The molecule has 0 spiro atoms. The molecule has 1 N–H and O–H groups in total. The largest absolute Gasteiger partial charge is 0.493 e. The summed E-state index contributed by atoms with van der Waals surface area (Å²) in [4.78, 5) is 14.5. The van der Waals surface area contributed by atoms with E-state index in [0.29, 0.717) is 17.5 Å². The molecule has 1 aromatic carbocycles. The van der Waals surface area contributed by atoms with Crippen LogP contribution in [0.2, 0.25) is 0 Å². The summed E-state index contributed by atoms with van der Waals surface area (Å²) < 4.78 is 11.0. The van der Waals surface area contributed by atoms with E-state index in [1.807, 2.05) is 12.1 Å². The van der Waals surface area contributed by atoms with E-state index >= 15 is 0 Å². The van der Waals surface area contributed by atoms with Gasteiger partial charge in [-0.3, -0.25) is 0 Å². The van der Waals surface area contributed by atoms with E-state index in [4.69, 9.17) is 19.4 Å². The topological polar surface area (TPSA) is 62.8 Å². The summed E-state index contributed by atoms with van der Waals surface area (Å²) in [5.41, 5.74) is 0.873. The molecule has 7 nitrogen and oxygen atoms in total. The van der Waals surface area contributed by atoms with E-state index in [9.17, 15) is 0 Å². The normalized spacial score (nSPS) is 15.5. The van der Waals surface area contributed by atoms with Gasteiger partial charge in [0.25, 0.3) is 0 Å². The molecule has 0 unspecified atom stereocenters. The van der Waals surface area contributed by atoms with Gasteiger partial charge in [0.1, 0.15) is 5.82 Å². The molecule has 1 fully saturated rings. The number of ether oxygens (including phenoxy) is 2. The second kappa shape index (κ2) is 9.96. The SMILES string of the molecule is CCCCN(CC)c1nc(NC2CCN(C)CC2)c2cc(OC)c(OC)cc2n1. The number of hydrogen-bond donors (Lipinski definition) is 1. The van der Waals surface area contributed by atoms with Crippen molar-refractivity contribution in [1.29, 1.82) is 0 Å². The molecule has 29 heavy (non-hydrogen) atoms. The predicted octanol–water partition coefficient (Wildman–Crippen LogP) is 3.78. The molecule has 2 aromatic rings. The molecule has 1 aromatic heterocycles. The Hall–Kier alpha value is -2.28. The van der Waals surface area contributed by atoms with Crippen molar-refractivity contribution in [3.63, 3.8) is 0 Å². The molecule has 0 radical (unpaired) electrons. The maximum atomic E-state index is 5.53. The highest BCUT2D eigenvalue weighted by Gasteiger charge is 2.21. The number of anilines is 2. The van der Waals surface area contributed by atoms with Gasteiger partial charge in [-0.1, -0.05) is 13.3 Å². The molecular formula is C22H35N5O2. The summed E-state index contributed by atoms with van der Waals surface area (Å²) >= 11 is 0. The molecule has 0 aliphatic carbocycles. The maximum absolute atomic E-state index is 5.53. The van der Waals surface area contributed by atoms with E-state index < -0.39 is 0 Å². The average Bonchev–Trinajstić information content (AvgIpc) is 2.75. The lowest BCUT2D eigenvalue weighted by Crippen LogP contribution is -2.37. The zero-order chi connectivity index (χ0) is 20.8. The van der Waals surface area contributed by atoms with Crippen molar-refractivity contribution in [2.24, 2.45) is 0 Å². The molecule has 0 saturated carbocycles. The van der Waals surface area contributed by atoms with Crippen molar-refractivity contribution in [3.05, 3.63) is 12.1 Å². The summed E-state index contributed by atoms with van der Waals surface area (Å²) in [6, 6.07) is 4.35. The van der Waals surface area contributed by atoms with Gasteiger partial charge in [-0.15, -0.1) is 0 Å². The monoisotopic (exact) mass is 401 g/mol. The van der Waals surface area contributed by atoms with Crippen LogP contribution < -0.4 is 19.7 Å². The molecule has 3 rings (SSSR count). The second-order valence-corrected chi connectivity index (χ2v) is 7.75. The first kappa shape index (κ1) is 21.4. The molecule has 1 aliphatic heterocycles. The zero-order valence-corrected chi connectivity index (χ0v) is 18.5. The van der Waals surface area contributed by atoms with Gasteiger partial charge >= 0.3 is 0 Å². The van der Waals surface area contributed by atoms with E-state index in [-0.39, 0.29) is 0 Å². The number of methoxy groups -OCH3 is 2. The predicted molar refractivity (Wildman–Crippen MR) is 120 cm³/mol. The molecule has 7 heteroatoms. The maximum Gasteiger partial charge on any atom is 0.227 e. The number of hydrogen-bond acceptors (Lipinski definition) is 7.